The van der Waals surface area contributed by atoms with E-state index in [1.54, 1.807) is 12.1 Å². The quantitative estimate of drug-likeness (QED) is 0.112. The molecule has 0 bridgehead atoms. The van der Waals surface area contributed by atoms with Crippen molar-refractivity contribution in [2.75, 3.05) is 9.80 Å². The molecule has 0 fully saturated rings. The third kappa shape index (κ3) is 5.70. The van der Waals surface area contributed by atoms with Gasteiger partial charge in [0.05, 0.1) is 22.3 Å². The van der Waals surface area contributed by atoms with Crippen LogP contribution in [0.3, 0.4) is 0 Å². The number of esters is 4. The SMILES string of the molecule is O=C1OC(=O)c2c(-c3ccc(N(c4ccccc4)c4ccccc4)cc3)cc3c4c(c(-c5ccc(N(c6ccccc6)c6ccccc6)cc5)cc1c24)C(=O)OC3=O. The fraction of sp³-hybridized carbons (Fsp3) is 0. The molecule has 0 spiro atoms. The summed E-state index contributed by atoms with van der Waals surface area (Å²) in [7, 11) is 0. The van der Waals surface area contributed by atoms with Crippen molar-refractivity contribution >= 4 is 68.8 Å². The number of para-hydroxylation sites is 4. The van der Waals surface area contributed by atoms with Gasteiger partial charge >= 0.3 is 23.9 Å². The number of hydrogen-bond donors (Lipinski definition) is 0. The zero-order chi connectivity index (χ0) is 39.3. The third-order valence-corrected chi connectivity index (χ3v) is 10.6. The molecule has 0 atom stereocenters. The van der Waals surface area contributed by atoms with Gasteiger partial charge in [-0.2, -0.15) is 0 Å². The van der Waals surface area contributed by atoms with Crippen molar-refractivity contribution < 1.29 is 28.7 Å². The van der Waals surface area contributed by atoms with Crippen LogP contribution in [0.5, 0.6) is 0 Å². The number of carbonyl (C=O) groups is 4. The van der Waals surface area contributed by atoms with Gasteiger partial charge in [0.15, 0.2) is 0 Å². The summed E-state index contributed by atoms with van der Waals surface area (Å²) in [6, 6.07) is 58.0. The van der Waals surface area contributed by atoms with Gasteiger partial charge in [-0.05, 0) is 107 Å². The maximum Gasteiger partial charge on any atom is 0.347 e. The van der Waals surface area contributed by atoms with E-state index in [0.717, 1.165) is 34.1 Å². The van der Waals surface area contributed by atoms with Gasteiger partial charge in [-0.1, -0.05) is 97.1 Å². The molecule has 8 nitrogen and oxygen atoms in total. The Morgan fingerprint density at radius 3 is 0.862 bits per heavy atom. The van der Waals surface area contributed by atoms with Gasteiger partial charge in [0.2, 0.25) is 0 Å². The molecule has 8 aromatic carbocycles. The summed E-state index contributed by atoms with van der Waals surface area (Å²) >= 11 is 0. The molecular formula is C50H30N2O6. The molecule has 276 valence electrons. The molecule has 0 aliphatic carbocycles. The number of carbonyl (C=O) groups excluding carboxylic acids is 4. The standard InChI is InChI=1S/C50H30N2O6/c53-47-41-29-39(31-21-25-37(26-22-31)51(33-13-5-1-6-14-33)34-15-7-2-8-16-34)45-43-42(48(54)57-49(45)55)30-40(46(44(41)43)50(56)58-47)32-23-27-38(28-24-32)52(35-17-9-3-10-18-35)36-19-11-4-12-20-36/h1-30H. The maximum atomic E-state index is 13.7. The van der Waals surface area contributed by atoms with Crippen LogP contribution in [0.1, 0.15) is 41.4 Å². The van der Waals surface area contributed by atoms with Crippen molar-refractivity contribution in [1.29, 1.82) is 0 Å². The molecule has 0 saturated carbocycles. The van der Waals surface area contributed by atoms with E-state index in [1.165, 1.54) is 0 Å². The molecule has 0 N–H and O–H groups in total. The molecule has 0 aromatic heterocycles. The summed E-state index contributed by atoms with van der Waals surface area (Å²) in [6.07, 6.45) is 0. The molecule has 8 heteroatoms. The molecule has 2 aliphatic heterocycles. The Balaban J connectivity index is 1.12. The van der Waals surface area contributed by atoms with Gasteiger partial charge in [-0.25, -0.2) is 19.2 Å². The highest BCUT2D eigenvalue weighted by atomic mass is 16.6. The van der Waals surface area contributed by atoms with Gasteiger partial charge in [0, 0.05) is 44.9 Å². The molecule has 2 heterocycles. The van der Waals surface area contributed by atoms with Crippen molar-refractivity contribution in [3.8, 4) is 22.3 Å². The van der Waals surface area contributed by atoms with Crippen LogP contribution in [0, 0.1) is 0 Å². The second-order valence-electron chi connectivity index (χ2n) is 13.9. The number of benzene rings is 8. The average molecular weight is 755 g/mol. The highest BCUT2D eigenvalue weighted by molar-refractivity contribution is 6.32. The lowest BCUT2D eigenvalue weighted by atomic mass is 9.81. The maximum absolute atomic E-state index is 13.7. The number of anilines is 6. The monoisotopic (exact) mass is 754 g/mol. The van der Waals surface area contributed by atoms with E-state index in [9.17, 15) is 19.2 Å². The zero-order valence-electron chi connectivity index (χ0n) is 30.7. The Labute approximate surface area is 332 Å². The first-order chi connectivity index (χ1) is 28.4. The third-order valence-electron chi connectivity index (χ3n) is 10.6. The lowest BCUT2D eigenvalue weighted by molar-refractivity contribution is 0.0366. The van der Waals surface area contributed by atoms with Gasteiger partial charge in [0.25, 0.3) is 0 Å². The predicted molar refractivity (Wildman–Crippen MR) is 224 cm³/mol. The van der Waals surface area contributed by atoms with Gasteiger partial charge in [-0.3, -0.25) is 0 Å². The Kier molecular flexibility index (Phi) is 8.23. The molecule has 0 amide bonds. The zero-order valence-corrected chi connectivity index (χ0v) is 30.7. The van der Waals surface area contributed by atoms with Gasteiger partial charge in [0.1, 0.15) is 0 Å². The Morgan fingerprint density at radius 2 is 0.569 bits per heavy atom. The minimum Gasteiger partial charge on any atom is -0.386 e. The number of nitrogens with zero attached hydrogens (tertiary/aromatic N) is 2. The summed E-state index contributed by atoms with van der Waals surface area (Å²) in [5.74, 6) is -3.47. The summed E-state index contributed by atoms with van der Waals surface area (Å²) in [5.41, 5.74) is 7.79. The van der Waals surface area contributed by atoms with Gasteiger partial charge < -0.3 is 19.3 Å². The van der Waals surface area contributed by atoms with E-state index in [0.29, 0.717) is 22.3 Å². The molecular weight excluding hydrogens is 725 g/mol. The first kappa shape index (κ1) is 34.4. The summed E-state index contributed by atoms with van der Waals surface area (Å²) in [4.78, 5) is 58.9. The Hall–Kier alpha value is -8.10. The molecule has 10 rings (SSSR count). The van der Waals surface area contributed by atoms with Gasteiger partial charge in [-0.15, -0.1) is 0 Å². The van der Waals surface area contributed by atoms with Crippen LogP contribution in [0.25, 0.3) is 33.0 Å². The first-order valence-electron chi connectivity index (χ1n) is 18.7. The minimum absolute atomic E-state index is 0.0733. The number of rotatable bonds is 8. The largest absolute Gasteiger partial charge is 0.386 e. The average Bonchev–Trinajstić information content (AvgIpc) is 3.26. The fourth-order valence-corrected chi connectivity index (χ4v) is 8.00. The van der Waals surface area contributed by atoms with Crippen molar-refractivity contribution in [2.45, 2.75) is 0 Å². The van der Waals surface area contributed by atoms with Crippen molar-refractivity contribution in [2.24, 2.45) is 0 Å². The highest BCUT2D eigenvalue weighted by Crippen LogP contribution is 2.46. The van der Waals surface area contributed by atoms with Crippen molar-refractivity contribution in [3.05, 3.63) is 204 Å². The van der Waals surface area contributed by atoms with Crippen LogP contribution in [0.15, 0.2) is 182 Å². The number of ether oxygens (including phenoxy) is 2. The predicted octanol–water partition coefficient (Wildman–Crippen LogP) is 11.7. The highest BCUT2D eigenvalue weighted by Gasteiger charge is 2.39. The summed E-state index contributed by atoms with van der Waals surface area (Å²) in [5, 5.41) is 0.375. The van der Waals surface area contributed by atoms with Crippen LogP contribution in [-0.2, 0) is 9.47 Å². The van der Waals surface area contributed by atoms with E-state index in [4.69, 9.17) is 9.47 Å². The van der Waals surface area contributed by atoms with Crippen LogP contribution in [-0.4, -0.2) is 23.9 Å². The van der Waals surface area contributed by atoms with Crippen LogP contribution in [0.2, 0.25) is 0 Å². The van der Waals surface area contributed by atoms with E-state index < -0.39 is 23.9 Å². The van der Waals surface area contributed by atoms with E-state index in [2.05, 4.69) is 9.80 Å². The summed E-state index contributed by atoms with van der Waals surface area (Å²) < 4.78 is 10.7. The molecule has 0 saturated heterocycles. The lowest BCUT2D eigenvalue weighted by Gasteiger charge is -2.27. The number of hydrogen-bond acceptors (Lipinski definition) is 8. The Morgan fingerprint density at radius 1 is 0.293 bits per heavy atom. The van der Waals surface area contributed by atoms with E-state index >= 15 is 0 Å². The molecule has 0 unspecified atom stereocenters. The normalized spacial score (nSPS) is 12.9. The molecule has 2 aliphatic rings. The Bertz CT molecular complexity index is 2650. The second kappa shape index (κ2) is 13.9. The molecule has 8 aromatic rings. The smallest absolute Gasteiger partial charge is 0.347 e. The minimum atomic E-state index is -0.868. The second-order valence-corrected chi connectivity index (χ2v) is 13.9. The van der Waals surface area contributed by atoms with Crippen LogP contribution >= 0.6 is 0 Å². The van der Waals surface area contributed by atoms with Crippen molar-refractivity contribution in [1.82, 2.24) is 0 Å². The molecule has 0 radical (unpaired) electrons. The lowest BCUT2D eigenvalue weighted by Crippen LogP contribution is -2.26. The van der Waals surface area contributed by atoms with Crippen molar-refractivity contribution in [3.63, 3.8) is 0 Å². The van der Waals surface area contributed by atoms with Crippen LogP contribution in [0.4, 0.5) is 34.1 Å². The fourth-order valence-electron chi connectivity index (χ4n) is 8.00. The van der Waals surface area contributed by atoms with E-state index in [1.807, 2.05) is 170 Å². The van der Waals surface area contributed by atoms with Crippen LogP contribution < -0.4 is 9.80 Å². The molecule has 58 heavy (non-hydrogen) atoms. The van der Waals surface area contributed by atoms with E-state index in [-0.39, 0.29) is 33.0 Å². The summed E-state index contributed by atoms with van der Waals surface area (Å²) in [6.45, 7) is 0. The first-order valence-corrected chi connectivity index (χ1v) is 18.7. The topological polar surface area (TPSA) is 93.2 Å². The number of cyclic esters (lactones) is 4.